The number of hydrogen-bond donors (Lipinski definition) is 1. The Kier molecular flexibility index (Phi) is 4.31. The highest BCUT2D eigenvalue weighted by Gasteiger charge is 2.02. The Morgan fingerprint density at radius 3 is 2.67 bits per heavy atom. The van der Waals surface area contributed by atoms with Gasteiger partial charge in [-0.1, -0.05) is 13.3 Å². The number of thiophene rings is 1. The molecule has 18 heavy (non-hydrogen) atoms. The smallest absolute Gasteiger partial charge is 0.149 e. The number of rotatable bonds is 5. The lowest BCUT2D eigenvalue weighted by molar-refractivity contribution is 0.940. The molecule has 2 aromatic rings. The molecule has 0 radical (unpaired) electrons. The van der Waals surface area contributed by atoms with E-state index in [2.05, 4.69) is 41.5 Å². The van der Waals surface area contributed by atoms with Gasteiger partial charge in [-0.25, -0.2) is 0 Å². The van der Waals surface area contributed by atoms with Gasteiger partial charge >= 0.3 is 0 Å². The summed E-state index contributed by atoms with van der Waals surface area (Å²) in [5, 5.41) is 11.6. The van der Waals surface area contributed by atoms with Crippen molar-refractivity contribution >= 4 is 17.2 Å². The quantitative estimate of drug-likeness (QED) is 0.891. The van der Waals surface area contributed by atoms with Crippen LogP contribution in [0.25, 0.3) is 0 Å². The zero-order chi connectivity index (χ0) is 13.0. The van der Waals surface area contributed by atoms with Crippen LogP contribution in [0.2, 0.25) is 0 Å². The van der Waals surface area contributed by atoms with Crippen LogP contribution in [0.15, 0.2) is 18.2 Å². The van der Waals surface area contributed by atoms with Crippen molar-refractivity contribution in [3.63, 3.8) is 0 Å². The molecule has 0 saturated carbocycles. The maximum absolute atomic E-state index is 4.14. The van der Waals surface area contributed by atoms with Crippen molar-refractivity contribution in [2.75, 3.05) is 5.32 Å². The van der Waals surface area contributed by atoms with Gasteiger partial charge in [-0.15, -0.1) is 16.4 Å². The van der Waals surface area contributed by atoms with Gasteiger partial charge in [0.25, 0.3) is 0 Å². The summed E-state index contributed by atoms with van der Waals surface area (Å²) in [6, 6.07) is 6.46. The topological polar surface area (TPSA) is 37.8 Å². The van der Waals surface area contributed by atoms with E-state index in [0.717, 1.165) is 18.1 Å². The molecule has 0 amide bonds. The second-order valence-electron chi connectivity index (χ2n) is 4.47. The van der Waals surface area contributed by atoms with Crippen molar-refractivity contribution in [3.8, 4) is 0 Å². The first-order valence-electron chi connectivity index (χ1n) is 6.31. The first kappa shape index (κ1) is 13.0. The zero-order valence-corrected chi connectivity index (χ0v) is 12.0. The Hall–Kier alpha value is -1.42. The minimum Gasteiger partial charge on any atom is -0.364 e. The summed E-state index contributed by atoms with van der Waals surface area (Å²) < 4.78 is 0. The van der Waals surface area contributed by atoms with Crippen LogP contribution >= 0.6 is 11.3 Å². The molecule has 0 aromatic carbocycles. The van der Waals surface area contributed by atoms with Crippen molar-refractivity contribution in [1.29, 1.82) is 0 Å². The molecule has 0 bridgehead atoms. The van der Waals surface area contributed by atoms with Gasteiger partial charge in [0.15, 0.2) is 0 Å². The predicted octanol–water partition coefficient (Wildman–Crippen LogP) is 3.72. The molecule has 0 spiro atoms. The summed E-state index contributed by atoms with van der Waals surface area (Å²) in [5.74, 6) is 0.851. The van der Waals surface area contributed by atoms with Crippen LogP contribution in [0.3, 0.4) is 0 Å². The van der Waals surface area contributed by atoms with Crippen LogP contribution in [0, 0.1) is 13.8 Å². The van der Waals surface area contributed by atoms with Crippen molar-refractivity contribution in [3.05, 3.63) is 39.2 Å². The van der Waals surface area contributed by atoms with Crippen LogP contribution < -0.4 is 5.32 Å². The second kappa shape index (κ2) is 5.96. The van der Waals surface area contributed by atoms with Gasteiger partial charge < -0.3 is 5.32 Å². The number of nitrogens with zero attached hydrogens (tertiary/aromatic N) is 2. The van der Waals surface area contributed by atoms with E-state index in [0.29, 0.717) is 0 Å². The van der Waals surface area contributed by atoms with Gasteiger partial charge in [-0.05, 0) is 44.0 Å². The van der Waals surface area contributed by atoms with E-state index in [1.54, 1.807) is 0 Å². The van der Waals surface area contributed by atoms with Crippen LogP contribution in [-0.4, -0.2) is 10.2 Å². The van der Waals surface area contributed by atoms with Crippen molar-refractivity contribution in [2.45, 2.75) is 40.2 Å². The first-order chi connectivity index (χ1) is 8.69. The van der Waals surface area contributed by atoms with Crippen LogP contribution in [-0.2, 0) is 13.0 Å². The maximum Gasteiger partial charge on any atom is 0.149 e. The number of anilines is 1. The third kappa shape index (κ3) is 3.29. The van der Waals surface area contributed by atoms with Crippen molar-refractivity contribution < 1.29 is 0 Å². The van der Waals surface area contributed by atoms with E-state index in [-0.39, 0.29) is 0 Å². The largest absolute Gasteiger partial charge is 0.364 e. The first-order valence-corrected chi connectivity index (χ1v) is 7.13. The molecule has 0 aliphatic heterocycles. The van der Waals surface area contributed by atoms with Crippen LogP contribution in [0.1, 0.15) is 34.4 Å². The monoisotopic (exact) mass is 261 g/mol. The Labute approximate surface area is 112 Å². The summed E-state index contributed by atoms with van der Waals surface area (Å²) >= 11 is 1.87. The lowest BCUT2D eigenvalue weighted by atomic mass is 10.2. The molecule has 3 nitrogen and oxygen atoms in total. The summed E-state index contributed by atoms with van der Waals surface area (Å²) in [6.07, 6.45) is 2.38. The fraction of sp³-hybridized carbons (Fsp3) is 0.429. The van der Waals surface area contributed by atoms with Crippen molar-refractivity contribution in [2.24, 2.45) is 0 Å². The van der Waals surface area contributed by atoms with Gasteiger partial charge in [0.1, 0.15) is 5.82 Å². The van der Waals surface area contributed by atoms with Gasteiger partial charge in [-0.2, -0.15) is 5.10 Å². The third-order valence-corrected chi connectivity index (χ3v) is 4.03. The van der Waals surface area contributed by atoms with Crippen LogP contribution in [0.4, 0.5) is 5.82 Å². The Bertz CT molecular complexity index is 520. The van der Waals surface area contributed by atoms with Gasteiger partial charge in [0.05, 0.1) is 12.2 Å². The van der Waals surface area contributed by atoms with E-state index in [1.165, 1.54) is 28.2 Å². The minimum absolute atomic E-state index is 0.825. The summed E-state index contributed by atoms with van der Waals surface area (Å²) in [7, 11) is 0. The molecular formula is C14H19N3S. The molecule has 2 aromatic heterocycles. The molecule has 0 aliphatic carbocycles. The Morgan fingerprint density at radius 1 is 1.17 bits per heavy atom. The van der Waals surface area contributed by atoms with E-state index < -0.39 is 0 Å². The molecule has 0 saturated heterocycles. The summed E-state index contributed by atoms with van der Waals surface area (Å²) in [4.78, 5) is 2.80. The van der Waals surface area contributed by atoms with Crippen molar-refractivity contribution in [1.82, 2.24) is 10.2 Å². The average molecular weight is 261 g/mol. The lowest BCUT2D eigenvalue weighted by Crippen LogP contribution is -2.02. The van der Waals surface area contributed by atoms with Gasteiger partial charge in [0, 0.05) is 9.75 Å². The number of nitrogens with one attached hydrogen (secondary N) is 1. The molecule has 1 N–H and O–H groups in total. The third-order valence-electron chi connectivity index (χ3n) is 2.89. The molecule has 2 heterocycles. The minimum atomic E-state index is 0.825. The summed E-state index contributed by atoms with van der Waals surface area (Å²) in [5.41, 5.74) is 2.16. The number of aryl methyl sites for hydroxylation is 3. The molecule has 2 rings (SSSR count). The fourth-order valence-electron chi connectivity index (χ4n) is 1.71. The molecule has 0 unspecified atom stereocenters. The molecular weight excluding hydrogens is 242 g/mol. The maximum atomic E-state index is 4.14. The number of aromatic nitrogens is 2. The molecule has 0 atom stereocenters. The predicted molar refractivity (Wildman–Crippen MR) is 77.1 cm³/mol. The highest BCUT2D eigenvalue weighted by Crippen LogP contribution is 2.19. The Balaban J connectivity index is 1.95. The standard InChI is InChI=1S/C14H19N3S/c1-4-5-12-6-7-13(18-12)9-15-14-8-10(2)11(3)16-17-14/h6-8H,4-5,9H2,1-3H3,(H,15,17). The van der Waals surface area contributed by atoms with E-state index in [4.69, 9.17) is 0 Å². The van der Waals surface area contributed by atoms with Gasteiger partial charge in [0.2, 0.25) is 0 Å². The SMILES string of the molecule is CCCc1ccc(CNc2cc(C)c(C)nn2)s1. The molecule has 96 valence electrons. The normalized spacial score (nSPS) is 10.6. The second-order valence-corrected chi connectivity index (χ2v) is 5.72. The summed E-state index contributed by atoms with van der Waals surface area (Å²) in [6.45, 7) is 7.07. The number of hydrogen-bond acceptors (Lipinski definition) is 4. The van der Waals surface area contributed by atoms with E-state index >= 15 is 0 Å². The van der Waals surface area contributed by atoms with E-state index in [9.17, 15) is 0 Å². The zero-order valence-electron chi connectivity index (χ0n) is 11.2. The highest BCUT2D eigenvalue weighted by atomic mass is 32.1. The van der Waals surface area contributed by atoms with Gasteiger partial charge in [-0.3, -0.25) is 0 Å². The Morgan fingerprint density at radius 2 is 1.94 bits per heavy atom. The average Bonchev–Trinajstić information content (AvgIpc) is 2.79. The molecule has 4 heteroatoms. The molecule has 0 aliphatic rings. The highest BCUT2D eigenvalue weighted by molar-refractivity contribution is 7.12. The molecule has 0 fully saturated rings. The fourth-order valence-corrected chi connectivity index (χ4v) is 2.77. The lowest BCUT2D eigenvalue weighted by Gasteiger charge is -2.05. The van der Waals surface area contributed by atoms with E-state index in [1.807, 2.05) is 24.3 Å². The van der Waals surface area contributed by atoms with Crippen LogP contribution in [0.5, 0.6) is 0 Å².